The molecule has 0 aliphatic rings. The molecule has 0 radical (unpaired) electrons. The Morgan fingerprint density at radius 2 is 0.836 bits per heavy atom. The average Bonchev–Trinajstić information content (AvgIpc) is 1.61. The van der Waals surface area contributed by atoms with Crippen molar-refractivity contribution in [1.29, 1.82) is 5.26 Å². The van der Waals surface area contributed by atoms with Gasteiger partial charge in [-0.1, -0.05) is 35.3 Å². The number of pyridine rings is 4. The maximum absolute atomic E-state index is 13.7. The van der Waals surface area contributed by atoms with Gasteiger partial charge in [-0.3, -0.25) is 27.9 Å². The Labute approximate surface area is 685 Å². The van der Waals surface area contributed by atoms with E-state index in [1.807, 2.05) is 47.2 Å². The molecule has 23 nitrogen and oxygen atoms in total. The summed E-state index contributed by atoms with van der Waals surface area (Å²) in [4.78, 5) is 42.3. The molecule has 42 heteroatoms. The normalized spacial score (nSPS) is 11.8. The number of alkyl halides is 17. The number of imidazole rings is 4. The molecule has 16 aromatic rings. The van der Waals surface area contributed by atoms with Crippen LogP contribution in [0.3, 0.4) is 0 Å². The summed E-state index contributed by atoms with van der Waals surface area (Å²) in [5.74, 6) is 2.83. The van der Waals surface area contributed by atoms with Gasteiger partial charge in [0, 0.05) is 45.2 Å². The second-order valence-electron chi connectivity index (χ2n) is 25.5. The summed E-state index contributed by atoms with van der Waals surface area (Å²) in [5.41, 5.74) is 1.12. The fraction of sp³-hybridized carbons (Fsp3) is 0.113. The van der Waals surface area contributed by atoms with Crippen LogP contribution in [0.25, 0.3) is 67.8 Å². The van der Waals surface area contributed by atoms with Crippen molar-refractivity contribution in [2.24, 2.45) is 0 Å². The first-order valence-corrected chi connectivity index (χ1v) is 35.7. The van der Waals surface area contributed by atoms with E-state index in [0.29, 0.717) is 50.5 Å². The standard InChI is InChI=1S/C21H11F6N5O.C21H14F6N4O.C19H13ClF3N5O.C19H14ClF2N5O/c22-20(23,24)19-18(32-8-2-1-3-17(32)31-19)15-9-12(11-28)10-16(30-15)29-13-4-6-14(7-5-13)33-21(25,26)27;22-20(23,24)13-4-6-14(7-5-13)28-16-10-12(11-32)9-15(29-16)18-19(21(25,26)27)30-17-3-1-2-8-31(17)18;1-11-25-15-7-2-12(20)8-16(15)28(11)18-10-24-9-17(27-18)26-13-3-5-14(6-4-13)29-19(21,22)23;1-11-24-15-7-2-12(20)8-16(15)27(11)18-10-23-9-17(26-18)25-13-3-5-14(6-4-13)28-19(21)22/h1-10H,(H,29,30);1-10,32H,11H2,(H,28,29);2-10H,1H3,(H,26,27);2-10,19H,1H3,(H,25,26). The van der Waals surface area contributed by atoms with Crippen molar-refractivity contribution in [3.63, 3.8) is 0 Å². The van der Waals surface area contributed by atoms with Crippen molar-refractivity contribution in [2.45, 2.75) is 58.3 Å². The van der Waals surface area contributed by atoms with Gasteiger partial charge in [0.25, 0.3) is 0 Å². The molecule has 0 aliphatic carbocycles. The highest BCUT2D eigenvalue weighted by Crippen LogP contribution is 2.41. The summed E-state index contributed by atoms with van der Waals surface area (Å²) >= 11 is 12.2. The maximum Gasteiger partial charge on any atom is 0.573 e. The van der Waals surface area contributed by atoms with E-state index in [9.17, 15) is 85.0 Å². The summed E-state index contributed by atoms with van der Waals surface area (Å²) < 4.78 is 237. The molecule has 10 aromatic heterocycles. The molecule has 0 amide bonds. The van der Waals surface area contributed by atoms with Crippen LogP contribution in [0.5, 0.6) is 17.2 Å². The zero-order chi connectivity index (χ0) is 87.2. The van der Waals surface area contributed by atoms with Gasteiger partial charge in [0.05, 0.1) is 82.0 Å². The molecule has 0 fully saturated rings. The number of benzene rings is 6. The second kappa shape index (κ2) is 35.2. The summed E-state index contributed by atoms with van der Waals surface area (Å²) in [6, 6.07) is 46.9. The van der Waals surface area contributed by atoms with Gasteiger partial charge in [0.15, 0.2) is 34.7 Å². The molecule has 0 saturated carbocycles. The van der Waals surface area contributed by atoms with Crippen LogP contribution in [0.15, 0.2) is 231 Å². The zero-order valence-corrected chi connectivity index (χ0v) is 63.3. The Hall–Kier alpha value is -14.5. The molecule has 0 spiro atoms. The number of hydrogen-bond acceptors (Lipinski definition) is 19. The highest BCUT2D eigenvalue weighted by molar-refractivity contribution is 6.31. The van der Waals surface area contributed by atoms with Crippen molar-refractivity contribution < 1.29 is 94.0 Å². The van der Waals surface area contributed by atoms with Crippen molar-refractivity contribution >= 4 is 103 Å². The van der Waals surface area contributed by atoms with Gasteiger partial charge >= 0.3 is 37.9 Å². The van der Waals surface area contributed by atoms with Gasteiger partial charge in [-0.05, 0) is 201 Å². The number of aromatic nitrogens is 14. The second-order valence-corrected chi connectivity index (χ2v) is 26.4. The minimum absolute atomic E-state index is 0.00699. The number of fused-ring (bicyclic) bond motifs is 4. The lowest BCUT2D eigenvalue weighted by molar-refractivity contribution is -0.275. The molecule has 0 saturated heterocycles. The monoisotopic (exact) mass is 1740 g/mol. The predicted molar refractivity (Wildman–Crippen MR) is 414 cm³/mol. The molecule has 122 heavy (non-hydrogen) atoms. The van der Waals surface area contributed by atoms with Crippen LogP contribution in [-0.2, 0) is 25.1 Å². The lowest BCUT2D eigenvalue weighted by atomic mass is 10.1. The number of ether oxygens (including phenoxy) is 3. The summed E-state index contributed by atoms with van der Waals surface area (Å²) in [5, 5.41) is 31.8. The van der Waals surface area contributed by atoms with Crippen LogP contribution in [0.4, 0.5) is 121 Å². The lowest BCUT2D eigenvalue weighted by Crippen LogP contribution is -2.17. The molecule has 0 aliphatic heterocycles. The minimum Gasteiger partial charge on any atom is -0.435 e. The summed E-state index contributed by atoms with van der Waals surface area (Å²) in [7, 11) is 0. The van der Waals surface area contributed by atoms with Crippen LogP contribution in [0.1, 0.15) is 39.7 Å². The fourth-order valence-electron chi connectivity index (χ4n) is 12.0. The third kappa shape index (κ3) is 21.1. The summed E-state index contributed by atoms with van der Waals surface area (Å²) in [6.45, 7) is 0.366. The minimum atomic E-state index is -4.85. The maximum atomic E-state index is 13.7. The number of nitrogens with one attached hydrogen (secondary N) is 4. The quantitative estimate of drug-likeness (QED) is 0.0530. The van der Waals surface area contributed by atoms with E-state index in [1.54, 1.807) is 55.0 Å². The number of anilines is 8. The number of hydrogen-bond donors (Lipinski definition) is 5. The van der Waals surface area contributed by atoms with E-state index in [-0.39, 0.29) is 79.7 Å². The van der Waals surface area contributed by atoms with Crippen molar-refractivity contribution in [1.82, 2.24) is 67.8 Å². The van der Waals surface area contributed by atoms with E-state index < -0.39 is 67.2 Å². The van der Waals surface area contributed by atoms with E-state index >= 15 is 0 Å². The first kappa shape index (κ1) is 85.4. The van der Waals surface area contributed by atoms with Gasteiger partial charge in [-0.25, -0.2) is 39.9 Å². The molecule has 10 heterocycles. The molecule has 0 atom stereocenters. The SMILES string of the molecule is Cc1nc2ccc(Cl)cc2n1-c1cncc(Nc2ccc(OC(F)(F)F)cc2)n1.Cc1nc2ccc(Cl)cc2n1-c1cncc(Nc2ccc(OC(F)F)cc2)n1.N#Cc1cc(Nc2ccc(OC(F)(F)F)cc2)nc(-c2c(C(F)(F)F)nc3ccccn23)c1.OCc1cc(Nc2ccc(C(F)(F)F)cc2)nc(-c2c(C(F)(F)F)nc3ccccn23)c1. The van der Waals surface area contributed by atoms with E-state index in [2.05, 4.69) is 85.3 Å². The molecule has 0 bridgehead atoms. The average molecular weight is 1740 g/mol. The largest absolute Gasteiger partial charge is 0.573 e. The Kier molecular flexibility index (Phi) is 24.7. The number of halogens is 19. The summed E-state index contributed by atoms with van der Waals surface area (Å²) in [6.07, 6.45) is -14.6. The number of rotatable bonds is 17. The van der Waals surface area contributed by atoms with Crippen molar-refractivity contribution in [3.8, 4) is 57.7 Å². The third-order valence-corrected chi connectivity index (χ3v) is 17.4. The molecule has 6 aromatic carbocycles. The number of nitriles is 1. The molecule has 16 rings (SSSR count). The number of aryl methyl sites for hydroxylation is 2. The number of aliphatic hydroxyl groups excluding tert-OH is 1. The van der Waals surface area contributed by atoms with Crippen LogP contribution in [-0.4, -0.2) is 92.2 Å². The molecular formula is C80H52Cl2F17N19O4. The van der Waals surface area contributed by atoms with Crippen molar-refractivity contribution in [3.05, 3.63) is 281 Å². The first-order chi connectivity index (χ1) is 57.9. The molecule has 624 valence electrons. The van der Waals surface area contributed by atoms with E-state index in [1.165, 1.54) is 143 Å². The highest BCUT2D eigenvalue weighted by Gasteiger charge is 2.41. The van der Waals surface area contributed by atoms with Crippen LogP contribution in [0.2, 0.25) is 10.0 Å². The van der Waals surface area contributed by atoms with Crippen LogP contribution in [0, 0.1) is 25.2 Å². The topological polar surface area (TPSA) is 267 Å². The fourth-order valence-corrected chi connectivity index (χ4v) is 12.4. The Bertz CT molecular complexity index is 6480. The van der Waals surface area contributed by atoms with Gasteiger partial charge in [0.2, 0.25) is 0 Å². The van der Waals surface area contributed by atoms with Gasteiger partial charge in [-0.15, -0.1) is 26.3 Å². The molecule has 5 N–H and O–H groups in total. The lowest BCUT2D eigenvalue weighted by Gasteiger charge is -2.13. The number of aliphatic hydroxyl groups is 1. The van der Waals surface area contributed by atoms with Gasteiger partial charge < -0.3 is 40.6 Å². The zero-order valence-electron chi connectivity index (χ0n) is 61.8. The first-order valence-electron chi connectivity index (χ1n) is 35.0. The Morgan fingerprint density at radius 1 is 0.434 bits per heavy atom. The van der Waals surface area contributed by atoms with E-state index in [4.69, 9.17) is 23.2 Å². The van der Waals surface area contributed by atoms with Crippen LogP contribution >= 0.6 is 23.2 Å². The predicted octanol–water partition coefficient (Wildman–Crippen LogP) is 22.1. The van der Waals surface area contributed by atoms with E-state index in [0.717, 1.165) is 52.2 Å². The molecular weight excluding hydrogens is 1680 g/mol. The Morgan fingerprint density at radius 3 is 1.23 bits per heavy atom. The molecule has 0 unspecified atom stereocenters. The smallest absolute Gasteiger partial charge is 0.435 e. The third-order valence-electron chi connectivity index (χ3n) is 16.9. The Balaban J connectivity index is 0.000000140. The van der Waals surface area contributed by atoms with Crippen LogP contribution < -0.4 is 35.5 Å². The highest BCUT2D eigenvalue weighted by atomic mass is 35.5. The number of nitrogens with zero attached hydrogens (tertiary/aromatic N) is 15. The van der Waals surface area contributed by atoms with Gasteiger partial charge in [0.1, 0.15) is 63.2 Å². The van der Waals surface area contributed by atoms with Crippen molar-refractivity contribution in [2.75, 3.05) is 21.3 Å². The van der Waals surface area contributed by atoms with Gasteiger partial charge in [-0.2, -0.15) is 53.6 Å².